The molecule has 0 amide bonds. The lowest BCUT2D eigenvalue weighted by atomic mass is 9.71. The summed E-state index contributed by atoms with van der Waals surface area (Å²) in [5.41, 5.74) is 8.82. The number of aromatic amines is 1. The number of piperazine rings is 1. The lowest BCUT2D eigenvalue weighted by Crippen LogP contribution is -2.69. The van der Waals surface area contributed by atoms with Crippen molar-refractivity contribution >= 4 is 28.6 Å². The minimum Gasteiger partial charge on any atom is -0.504 e. The molecule has 2 saturated heterocycles. The van der Waals surface area contributed by atoms with Crippen LogP contribution in [-0.4, -0.2) is 83.8 Å². The molecule has 0 unspecified atom stereocenters. The number of methoxy groups -OCH3 is 1. The van der Waals surface area contributed by atoms with Crippen molar-refractivity contribution in [2.45, 2.75) is 74.6 Å². The quantitative estimate of drug-likeness (QED) is 0.226. The molecule has 7 aliphatic heterocycles. The van der Waals surface area contributed by atoms with E-state index in [4.69, 9.17) is 18.9 Å². The first kappa shape index (κ1) is 32.3. The van der Waals surface area contributed by atoms with Crippen LogP contribution in [0.4, 0.5) is 0 Å². The van der Waals surface area contributed by atoms with Crippen LogP contribution >= 0.6 is 11.8 Å². The summed E-state index contributed by atoms with van der Waals surface area (Å²) in [7, 11) is 3.68. The molecular weight excluding hydrogens is 679 g/mol. The number of phenols is 1. The zero-order valence-electron chi connectivity index (χ0n) is 29.8. The Morgan fingerprint density at radius 1 is 1.10 bits per heavy atom. The second-order valence-electron chi connectivity index (χ2n) is 15.1. The van der Waals surface area contributed by atoms with Crippen molar-refractivity contribution in [1.29, 1.82) is 5.26 Å². The number of fused-ring (bicyclic) bond motifs is 11. The fourth-order valence-corrected chi connectivity index (χ4v) is 12.3. The number of benzene rings is 3. The largest absolute Gasteiger partial charge is 0.504 e. The van der Waals surface area contributed by atoms with Gasteiger partial charge >= 0.3 is 5.97 Å². The SMILES string of the molecule is COc1c(C)cc2c(c1O)[C@@H]1[C@@H]3[C@@H]4SC[C@]5(NCCc6c5[nH]c5ccccc65)C(=O)OC[C@@H](c5c6c(c(C)c(C)c54)OCO6)N3[C@@H](C#N)[C@H](C2)N1C. The molecule has 0 saturated carbocycles. The highest BCUT2D eigenvalue weighted by molar-refractivity contribution is 7.99. The zero-order valence-corrected chi connectivity index (χ0v) is 30.6. The normalized spacial score (nSPS) is 30.3. The highest BCUT2D eigenvalue weighted by Gasteiger charge is 2.61. The van der Waals surface area contributed by atoms with E-state index in [2.05, 4.69) is 65.3 Å². The number of aromatic hydroxyl groups is 1. The lowest BCUT2D eigenvalue weighted by molar-refractivity contribution is -0.157. The molecule has 11 nitrogen and oxygen atoms in total. The van der Waals surface area contributed by atoms with Crippen molar-refractivity contribution in [3.63, 3.8) is 0 Å². The number of phenolic OH excluding ortho intramolecular Hbond substituents is 1. The predicted octanol–water partition coefficient (Wildman–Crippen LogP) is 5.14. The van der Waals surface area contributed by atoms with Gasteiger partial charge in [0.05, 0.1) is 31.0 Å². The fourth-order valence-electron chi connectivity index (χ4n) is 10.6. The number of nitrogens with one attached hydrogen (secondary N) is 2. The molecule has 52 heavy (non-hydrogen) atoms. The lowest BCUT2D eigenvalue weighted by Gasteiger charge is -2.62. The number of hydrogen-bond donors (Lipinski definition) is 3. The molecule has 12 heteroatoms. The Labute approximate surface area is 306 Å². The number of hydrogen-bond acceptors (Lipinski definition) is 11. The Kier molecular flexibility index (Phi) is 7.01. The molecule has 8 heterocycles. The van der Waals surface area contributed by atoms with Crippen LogP contribution in [0, 0.1) is 32.1 Å². The first-order chi connectivity index (χ1) is 25.2. The summed E-state index contributed by atoms with van der Waals surface area (Å²) in [5, 5.41) is 27.7. The van der Waals surface area contributed by atoms with Gasteiger partial charge in [-0.2, -0.15) is 5.26 Å². The number of carbonyl (C=O) groups is 1. The van der Waals surface area contributed by atoms with E-state index in [-0.39, 0.29) is 48.5 Å². The number of thioether (sulfide) groups is 1. The Morgan fingerprint density at radius 3 is 2.71 bits per heavy atom. The molecule has 7 aliphatic rings. The van der Waals surface area contributed by atoms with Gasteiger partial charge in [0.2, 0.25) is 6.79 Å². The van der Waals surface area contributed by atoms with Crippen LogP contribution in [0.1, 0.15) is 67.5 Å². The van der Waals surface area contributed by atoms with Gasteiger partial charge in [-0.25, -0.2) is 4.79 Å². The van der Waals surface area contributed by atoms with Crippen LogP contribution in [0.2, 0.25) is 0 Å². The first-order valence-electron chi connectivity index (χ1n) is 18.0. The van der Waals surface area contributed by atoms with Crippen molar-refractivity contribution in [1.82, 2.24) is 20.1 Å². The van der Waals surface area contributed by atoms with Crippen LogP contribution in [0.3, 0.4) is 0 Å². The molecule has 1 spiro atoms. The highest BCUT2D eigenvalue weighted by atomic mass is 32.2. The Bertz CT molecular complexity index is 2270. The average Bonchev–Trinajstić information content (AvgIpc) is 3.78. The van der Waals surface area contributed by atoms with Crippen LogP contribution in [-0.2, 0) is 27.9 Å². The molecule has 4 bridgehead atoms. The van der Waals surface area contributed by atoms with Gasteiger partial charge in [0, 0.05) is 51.7 Å². The molecule has 268 valence electrons. The third-order valence-electron chi connectivity index (χ3n) is 12.9. The number of esters is 1. The topological polar surface area (TPSA) is 132 Å². The van der Waals surface area contributed by atoms with Gasteiger partial charge in [0.1, 0.15) is 12.6 Å². The van der Waals surface area contributed by atoms with E-state index in [1.807, 2.05) is 19.1 Å². The Hall–Kier alpha value is -4.41. The average molecular weight is 720 g/mol. The molecule has 0 radical (unpaired) electrons. The van der Waals surface area contributed by atoms with Crippen molar-refractivity contribution < 1.29 is 28.8 Å². The number of aromatic nitrogens is 1. The molecule has 3 aromatic carbocycles. The van der Waals surface area contributed by atoms with Crippen LogP contribution in [0.25, 0.3) is 10.9 Å². The number of H-pyrrole nitrogens is 1. The van der Waals surface area contributed by atoms with Crippen LogP contribution in [0.5, 0.6) is 23.0 Å². The molecular formula is C40H41N5O6S. The van der Waals surface area contributed by atoms with E-state index < -0.39 is 17.6 Å². The maximum atomic E-state index is 14.7. The number of likely N-dealkylation sites (N-methyl/N-ethyl adjacent to an activating group) is 1. The van der Waals surface area contributed by atoms with Gasteiger partial charge in [-0.3, -0.25) is 15.1 Å². The summed E-state index contributed by atoms with van der Waals surface area (Å²) in [6, 6.07) is 11.3. The monoisotopic (exact) mass is 719 g/mol. The number of para-hydroxylation sites is 1. The van der Waals surface area contributed by atoms with Crippen molar-refractivity contribution in [3.05, 3.63) is 80.5 Å². The third kappa shape index (κ3) is 4.00. The van der Waals surface area contributed by atoms with Crippen LogP contribution < -0.4 is 19.5 Å². The Balaban J connectivity index is 1.23. The van der Waals surface area contributed by atoms with E-state index in [0.717, 1.165) is 67.5 Å². The minimum atomic E-state index is -1.12. The molecule has 3 N–H and O–H groups in total. The van der Waals surface area contributed by atoms with Crippen molar-refractivity contribution in [2.75, 3.05) is 39.9 Å². The second kappa shape index (κ2) is 11.3. The number of nitriles is 1. The molecule has 0 aliphatic carbocycles. The summed E-state index contributed by atoms with van der Waals surface area (Å²) in [4.78, 5) is 23.0. The molecule has 2 fully saturated rings. The van der Waals surface area contributed by atoms with Crippen molar-refractivity contribution in [3.8, 4) is 29.1 Å². The zero-order chi connectivity index (χ0) is 35.8. The number of nitrogens with zero attached hydrogens (tertiary/aromatic N) is 3. The van der Waals surface area contributed by atoms with E-state index >= 15 is 0 Å². The molecule has 11 rings (SSSR count). The van der Waals surface area contributed by atoms with E-state index in [0.29, 0.717) is 36.0 Å². The summed E-state index contributed by atoms with van der Waals surface area (Å²) in [6.07, 6.45) is 1.38. The number of rotatable bonds is 1. The van der Waals surface area contributed by atoms with E-state index in [1.165, 1.54) is 0 Å². The van der Waals surface area contributed by atoms with Gasteiger partial charge in [-0.15, -0.1) is 11.8 Å². The van der Waals surface area contributed by atoms with Crippen LogP contribution in [0.15, 0.2) is 30.3 Å². The number of aryl methyl sites for hydroxylation is 1. The molecule has 4 aromatic rings. The van der Waals surface area contributed by atoms with Gasteiger partial charge in [-0.1, -0.05) is 24.3 Å². The van der Waals surface area contributed by atoms with Gasteiger partial charge < -0.3 is 29.0 Å². The number of ether oxygens (including phenoxy) is 4. The summed E-state index contributed by atoms with van der Waals surface area (Å²) in [5.74, 6) is 2.06. The molecule has 7 atom stereocenters. The van der Waals surface area contributed by atoms with Gasteiger partial charge in [-0.05, 0) is 80.1 Å². The summed E-state index contributed by atoms with van der Waals surface area (Å²) < 4.78 is 24.7. The minimum absolute atomic E-state index is 0.0222. The standard InChI is InChI=1S/C40H41N5O6S/c1-18-12-21-13-25-26(14-41)45-27-15-49-39(47)40(38-23(10-11-42-40)22-8-6-7-9-24(22)43-38)16-52-37(28-19(2)20(3)35-36(30(27)28)51-17-50-35)32(45)31(44(25)4)29(21)33(46)34(18)48-5/h6-9,12,25-27,31-32,37,42-43,46H,10-11,13,15-17H2,1-5H3/t25-,26-,27-,31+,32+,37+,40+/m0/s1. The first-order valence-corrected chi connectivity index (χ1v) is 19.1. The summed E-state index contributed by atoms with van der Waals surface area (Å²) in [6.45, 7) is 6.94. The van der Waals surface area contributed by atoms with E-state index in [1.54, 1.807) is 18.9 Å². The predicted molar refractivity (Wildman–Crippen MR) is 195 cm³/mol. The summed E-state index contributed by atoms with van der Waals surface area (Å²) >= 11 is 1.72. The van der Waals surface area contributed by atoms with Crippen molar-refractivity contribution in [2.24, 2.45) is 0 Å². The smallest absolute Gasteiger partial charge is 0.333 e. The van der Waals surface area contributed by atoms with Gasteiger partial charge in [0.15, 0.2) is 28.5 Å². The number of carbonyl (C=O) groups excluding carboxylic acids is 1. The second-order valence-corrected chi connectivity index (χ2v) is 16.3. The maximum absolute atomic E-state index is 14.7. The highest BCUT2D eigenvalue weighted by Crippen LogP contribution is 2.63. The van der Waals surface area contributed by atoms with E-state index in [9.17, 15) is 15.2 Å². The molecule has 1 aromatic heterocycles. The Morgan fingerprint density at radius 2 is 1.90 bits per heavy atom. The van der Waals surface area contributed by atoms with Gasteiger partial charge in [0.25, 0.3) is 0 Å². The maximum Gasteiger partial charge on any atom is 0.333 e. The third-order valence-corrected chi connectivity index (χ3v) is 14.4. The fraction of sp³-hybridized carbons (Fsp3) is 0.450.